The first-order chi connectivity index (χ1) is 2.89. The summed E-state index contributed by atoms with van der Waals surface area (Å²) in [6.45, 7) is 3.52. The Morgan fingerprint density at radius 2 is 2.67 bits per heavy atom. The van der Waals surface area contributed by atoms with Crippen LogP contribution in [-0.4, -0.2) is 14.0 Å². The van der Waals surface area contributed by atoms with Crippen molar-refractivity contribution < 1.29 is 0 Å². The lowest BCUT2D eigenvalue weighted by molar-refractivity contribution is 0.839. The molecule has 34 valence electrons. The van der Waals surface area contributed by atoms with E-state index in [0.29, 0.717) is 0 Å². The summed E-state index contributed by atoms with van der Waals surface area (Å²) in [5, 5.41) is 3.27. The highest BCUT2D eigenvalue weighted by molar-refractivity contribution is 6.35. The lowest BCUT2D eigenvalue weighted by Crippen LogP contribution is -2.09. The fraction of sp³-hybridized carbons (Fsp3) is 1.00. The quantitative estimate of drug-likeness (QED) is 0.410. The first kappa shape index (κ1) is 4.19. The molecule has 0 amide bonds. The van der Waals surface area contributed by atoms with Gasteiger partial charge in [-0.25, -0.2) is 0 Å². The van der Waals surface area contributed by atoms with Crippen molar-refractivity contribution in [3.05, 3.63) is 0 Å². The Bertz CT molecular complexity index is 40.8. The van der Waals surface area contributed by atoms with Gasteiger partial charge in [0.05, 0.1) is 0 Å². The van der Waals surface area contributed by atoms with Crippen molar-refractivity contribution in [3.63, 3.8) is 0 Å². The Morgan fingerprint density at radius 1 is 1.83 bits per heavy atom. The zero-order chi connectivity index (χ0) is 4.41. The molecule has 1 atom stereocenters. The van der Waals surface area contributed by atoms with Crippen LogP contribution in [0.25, 0.3) is 0 Å². The van der Waals surface area contributed by atoms with Crippen molar-refractivity contribution in [3.8, 4) is 0 Å². The molecule has 0 spiro atoms. The minimum Gasteiger partial charge on any atom is -0.359 e. The SMILES string of the molecule is CC1BNCC1. The molecule has 0 aromatic rings. The van der Waals surface area contributed by atoms with Gasteiger partial charge in [-0.15, -0.1) is 0 Å². The second-order valence-corrected chi connectivity index (χ2v) is 2.10. The van der Waals surface area contributed by atoms with Crippen LogP contribution in [-0.2, 0) is 0 Å². The Balaban J connectivity index is 2.18. The molecule has 0 aromatic heterocycles. The molecule has 1 aliphatic rings. The van der Waals surface area contributed by atoms with Crippen LogP contribution < -0.4 is 5.23 Å². The van der Waals surface area contributed by atoms with Gasteiger partial charge < -0.3 is 5.23 Å². The van der Waals surface area contributed by atoms with Gasteiger partial charge in [0.25, 0.3) is 0 Å². The van der Waals surface area contributed by atoms with Gasteiger partial charge in [0.2, 0.25) is 7.41 Å². The molecule has 0 aliphatic carbocycles. The largest absolute Gasteiger partial charge is 0.359 e. The minimum atomic E-state index is 0.935. The minimum absolute atomic E-state index is 0.935. The maximum atomic E-state index is 3.27. The van der Waals surface area contributed by atoms with E-state index in [1.165, 1.54) is 20.4 Å². The predicted molar refractivity (Wildman–Crippen MR) is 29.2 cm³/mol. The van der Waals surface area contributed by atoms with E-state index >= 15 is 0 Å². The average Bonchev–Trinajstić information content (AvgIpc) is 1.86. The van der Waals surface area contributed by atoms with Crippen LogP contribution in [0.1, 0.15) is 13.3 Å². The van der Waals surface area contributed by atoms with Crippen molar-refractivity contribution >= 4 is 7.41 Å². The van der Waals surface area contributed by atoms with Crippen LogP contribution >= 0.6 is 0 Å². The summed E-state index contributed by atoms with van der Waals surface area (Å²) in [5.41, 5.74) is 0. The van der Waals surface area contributed by atoms with Crippen molar-refractivity contribution in [1.82, 2.24) is 5.23 Å². The maximum Gasteiger partial charge on any atom is 0.204 e. The highest BCUT2D eigenvalue weighted by Gasteiger charge is 2.08. The topological polar surface area (TPSA) is 12.0 Å². The highest BCUT2D eigenvalue weighted by Crippen LogP contribution is 2.08. The van der Waals surface area contributed by atoms with Crippen LogP contribution in [0, 0.1) is 0 Å². The number of hydrogen-bond donors (Lipinski definition) is 1. The normalized spacial score (nSPS) is 33.2. The molecule has 1 aliphatic heterocycles. The Hall–Kier alpha value is 0.0249. The summed E-state index contributed by atoms with van der Waals surface area (Å²) in [6.07, 6.45) is 1.38. The lowest BCUT2D eigenvalue weighted by Gasteiger charge is -1.87. The van der Waals surface area contributed by atoms with E-state index in [1.807, 2.05) is 0 Å². The van der Waals surface area contributed by atoms with Gasteiger partial charge in [0, 0.05) is 0 Å². The summed E-state index contributed by atoms with van der Waals surface area (Å²) in [5.74, 6) is 0.935. The Kier molecular flexibility index (Phi) is 1.15. The van der Waals surface area contributed by atoms with Gasteiger partial charge in [-0.1, -0.05) is 12.7 Å². The van der Waals surface area contributed by atoms with Gasteiger partial charge in [0.1, 0.15) is 0 Å². The van der Waals surface area contributed by atoms with E-state index < -0.39 is 0 Å². The van der Waals surface area contributed by atoms with Gasteiger partial charge >= 0.3 is 0 Å². The van der Waals surface area contributed by atoms with Gasteiger partial charge in [-0.05, 0) is 13.0 Å². The second-order valence-electron chi connectivity index (χ2n) is 2.10. The number of rotatable bonds is 0. The van der Waals surface area contributed by atoms with Crippen LogP contribution in [0.4, 0.5) is 0 Å². The van der Waals surface area contributed by atoms with E-state index in [2.05, 4.69) is 12.2 Å². The highest BCUT2D eigenvalue weighted by atomic mass is 14.8. The molecular formula is C4H10BN. The monoisotopic (exact) mass is 83.1 g/mol. The Morgan fingerprint density at radius 3 is 2.83 bits per heavy atom. The summed E-state index contributed by atoms with van der Waals surface area (Å²) >= 11 is 0. The second kappa shape index (κ2) is 1.65. The molecule has 6 heavy (non-hydrogen) atoms. The van der Waals surface area contributed by atoms with Crippen molar-refractivity contribution in [1.29, 1.82) is 0 Å². The molecule has 0 aromatic carbocycles. The smallest absolute Gasteiger partial charge is 0.204 e. The summed E-state index contributed by atoms with van der Waals surface area (Å²) in [7, 11) is 1.24. The number of hydrogen-bond acceptors (Lipinski definition) is 1. The molecule has 2 heteroatoms. The van der Waals surface area contributed by atoms with E-state index in [4.69, 9.17) is 0 Å². The molecule has 1 rings (SSSR count). The molecule has 1 heterocycles. The predicted octanol–water partition coefficient (Wildman–Crippen LogP) is 0.140. The first-order valence-electron chi connectivity index (χ1n) is 2.60. The summed E-state index contributed by atoms with van der Waals surface area (Å²) < 4.78 is 0. The fourth-order valence-corrected chi connectivity index (χ4v) is 0.799. The van der Waals surface area contributed by atoms with E-state index in [0.717, 1.165) is 5.82 Å². The van der Waals surface area contributed by atoms with Crippen LogP contribution in [0.3, 0.4) is 0 Å². The van der Waals surface area contributed by atoms with Crippen molar-refractivity contribution in [2.45, 2.75) is 19.2 Å². The fourth-order valence-electron chi connectivity index (χ4n) is 0.799. The molecule has 0 bridgehead atoms. The standard InChI is InChI=1S/C4H10BN/c1-4-2-3-6-5-4/h4-6H,2-3H2,1H3. The van der Waals surface area contributed by atoms with Gasteiger partial charge in [-0.3, -0.25) is 0 Å². The van der Waals surface area contributed by atoms with Crippen LogP contribution in [0.2, 0.25) is 5.82 Å². The average molecular weight is 82.9 g/mol. The Labute approximate surface area is 39.4 Å². The third-order valence-corrected chi connectivity index (χ3v) is 1.31. The van der Waals surface area contributed by atoms with Gasteiger partial charge in [0.15, 0.2) is 0 Å². The zero-order valence-electron chi connectivity index (χ0n) is 4.20. The van der Waals surface area contributed by atoms with Crippen LogP contribution in [0.15, 0.2) is 0 Å². The third-order valence-electron chi connectivity index (χ3n) is 1.31. The van der Waals surface area contributed by atoms with E-state index in [9.17, 15) is 0 Å². The van der Waals surface area contributed by atoms with Crippen molar-refractivity contribution in [2.75, 3.05) is 6.54 Å². The molecule has 0 radical (unpaired) electrons. The molecular weight excluding hydrogens is 72.9 g/mol. The molecule has 0 saturated carbocycles. The third kappa shape index (κ3) is 0.746. The molecule has 1 N–H and O–H groups in total. The maximum absolute atomic E-state index is 3.27. The summed E-state index contributed by atoms with van der Waals surface area (Å²) in [6, 6.07) is 0. The number of nitrogens with one attached hydrogen (secondary N) is 1. The van der Waals surface area contributed by atoms with E-state index in [1.54, 1.807) is 0 Å². The molecule has 1 nitrogen and oxygen atoms in total. The lowest BCUT2D eigenvalue weighted by atomic mass is 9.80. The van der Waals surface area contributed by atoms with Crippen molar-refractivity contribution in [2.24, 2.45) is 0 Å². The first-order valence-corrected chi connectivity index (χ1v) is 2.60. The summed E-state index contributed by atoms with van der Waals surface area (Å²) in [4.78, 5) is 0. The molecule has 1 unspecified atom stereocenters. The van der Waals surface area contributed by atoms with Gasteiger partial charge in [-0.2, -0.15) is 0 Å². The zero-order valence-corrected chi connectivity index (χ0v) is 4.20. The molecule has 1 saturated heterocycles. The van der Waals surface area contributed by atoms with Crippen LogP contribution in [0.5, 0.6) is 0 Å². The molecule has 1 fully saturated rings. The van der Waals surface area contributed by atoms with E-state index in [-0.39, 0.29) is 0 Å².